The SMILES string of the molecule is C#C[S+](C)C=C=C. The highest BCUT2D eigenvalue weighted by Crippen LogP contribution is 1.84. The average Bonchev–Trinajstić information content (AvgIpc) is 1.68. The minimum Gasteiger partial charge on any atom is -0.0763 e. The molecule has 0 aromatic heterocycles. The Morgan fingerprint density at radius 3 is 2.57 bits per heavy atom. The highest BCUT2D eigenvalue weighted by atomic mass is 32.2. The predicted molar refractivity (Wildman–Crippen MR) is 35.8 cm³/mol. The Morgan fingerprint density at radius 1 is 1.86 bits per heavy atom. The Balaban J connectivity index is 3.64. The monoisotopic (exact) mass is 111 g/mol. The summed E-state index contributed by atoms with van der Waals surface area (Å²) in [4.78, 5) is 0. The number of rotatable bonds is 1. The highest BCUT2D eigenvalue weighted by Gasteiger charge is 1.95. The summed E-state index contributed by atoms with van der Waals surface area (Å²) in [6.07, 6.45) is 6.96. The molecule has 7 heavy (non-hydrogen) atoms. The first-order valence-corrected chi connectivity index (χ1v) is 3.48. The molecule has 0 aliphatic rings. The van der Waals surface area contributed by atoms with Crippen molar-refractivity contribution in [3.05, 3.63) is 17.7 Å². The topological polar surface area (TPSA) is 0 Å². The highest BCUT2D eigenvalue weighted by molar-refractivity contribution is 8.03. The van der Waals surface area contributed by atoms with E-state index in [0.717, 1.165) is 0 Å². The molecule has 0 nitrogen and oxygen atoms in total. The molecule has 0 aliphatic heterocycles. The van der Waals surface area contributed by atoms with Crippen LogP contribution in [-0.2, 0) is 10.9 Å². The van der Waals surface area contributed by atoms with E-state index in [4.69, 9.17) is 6.42 Å². The van der Waals surface area contributed by atoms with Gasteiger partial charge in [0, 0.05) is 0 Å². The molecule has 1 atom stereocenters. The van der Waals surface area contributed by atoms with E-state index >= 15 is 0 Å². The molecule has 1 unspecified atom stereocenters. The van der Waals surface area contributed by atoms with E-state index in [0.29, 0.717) is 0 Å². The Labute approximate surface area is 47.3 Å². The lowest BCUT2D eigenvalue weighted by Crippen LogP contribution is -1.82. The van der Waals surface area contributed by atoms with Crippen molar-refractivity contribution in [3.63, 3.8) is 0 Å². The summed E-state index contributed by atoms with van der Waals surface area (Å²) < 4.78 is 0. The maximum Gasteiger partial charge on any atom is 0.175 e. The van der Waals surface area contributed by atoms with Crippen LogP contribution in [0.15, 0.2) is 17.7 Å². The lowest BCUT2D eigenvalue weighted by Gasteiger charge is -1.71. The van der Waals surface area contributed by atoms with Crippen LogP contribution in [-0.4, -0.2) is 6.26 Å². The molecule has 0 fully saturated rings. The van der Waals surface area contributed by atoms with Crippen molar-refractivity contribution in [1.29, 1.82) is 0 Å². The summed E-state index contributed by atoms with van der Waals surface area (Å²) in [5, 5.41) is 4.31. The van der Waals surface area contributed by atoms with E-state index in [1.165, 1.54) is 0 Å². The summed E-state index contributed by atoms with van der Waals surface area (Å²) in [6.45, 7) is 3.38. The van der Waals surface area contributed by atoms with Crippen LogP contribution in [0, 0.1) is 11.7 Å². The summed E-state index contributed by atoms with van der Waals surface area (Å²) in [6, 6.07) is 0. The van der Waals surface area contributed by atoms with Crippen LogP contribution in [0.2, 0.25) is 0 Å². The molecule has 0 aromatic rings. The quantitative estimate of drug-likeness (QED) is 0.270. The third-order valence-electron chi connectivity index (χ3n) is 0.446. The normalized spacial score (nSPS) is 10.9. The molecule has 0 amide bonds. The van der Waals surface area contributed by atoms with Gasteiger partial charge >= 0.3 is 0 Å². The first-order valence-electron chi connectivity index (χ1n) is 1.78. The molecule has 1 heteroatoms. The van der Waals surface area contributed by atoms with Crippen molar-refractivity contribution in [1.82, 2.24) is 0 Å². The van der Waals surface area contributed by atoms with Gasteiger partial charge in [-0.05, 0) is 0 Å². The Hall–Kier alpha value is -0.570. The molecule has 0 saturated carbocycles. The molecule has 0 aromatic carbocycles. The van der Waals surface area contributed by atoms with Gasteiger partial charge in [-0.1, -0.05) is 18.7 Å². The van der Waals surface area contributed by atoms with E-state index in [1.807, 2.05) is 6.26 Å². The van der Waals surface area contributed by atoms with E-state index in [1.54, 1.807) is 5.41 Å². The average molecular weight is 111 g/mol. The first kappa shape index (κ1) is 6.43. The third kappa shape index (κ3) is 3.26. The van der Waals surface area contributed by atoms with Crippen molar-refractivity contribution in [3.8, 4) is 11.7 Å². The second-order valence-electron chi connectivity index (χ2n) is 0.998. The van der Waals surface area contributed by atoms with Gasteiger partial charge in [0.05, 0.1) is 0 Å². The molecule has 0 rings (SSSR count). The first-order chi connectivity index (χ1) is 3.31. The molecule has 0 spiro atoms. The third-order valence-corrected chi connectivity index (χ3v) is 1.34. The second-order valence-corrected chi connectivity index (χ2v) is 2.58. The number of terminal acetylenes is 1. The van der Waals surface area contributed by atoms with Crippen molar-refractivity contribution >= 4 is 10.9 Å². The molecular weight excluding hydrogens is 104 g/mol. The van der Waals surface area contributed by atoms with E-state index < -0.39 is 0 Å². The van der Waals surface area contributed by atoms with Crippen LogP contribution < -0.4 is 0 Å². The van der Waals surface area contributed by atoms with Gasteiger partial charge in [-0.3, -0.25) is 0 Å². The molecule has 0 saturated heterocycles. The maximum atomic E-state index is 5.02. The molecule has 0 bridgehead atoms. The van der Waals surface area contributed by atoms with Crippen molar-refractivity contribution < 1.29 is 0 Å². The smallest absolute Gasteiger partial charge is 0.0763 e. The summed E-state index contributed by atoms with van der Waals surface area (Å²) >= 11 is 0. The summed E-state index contributed by atoms with van der Waals surface area (Å²) in [5.74, 6) is 0. The standard InChI is InChI=1S/C6H7S/c1-4-6-7(3)5-2/h2,6H,1H2,3H3/q+1. The largest absolute Gasteiger partial charge is 0.175 e. The minimum absolute atomic E-state index is 0.0478. The van der Waals surface area contributed by atoms with E-state index in [2.05, 4.69) is 17.6 Å². The Morgan fingerprint density at radius 2 is 2.43 bits per heavy atom. The van der Waals surface area contributed by atoms with Crippen LogP contribution >= 0.6 is 0 Å². The molecule has 0 N–H and O–H groups in total. The van der Waals surface area contributed by atoms with Crippen molar-refractivity contribution in [2.24, 2.45) is 0 Å². The van der Waals surface area contributed by atoms with Crippen LogP contribution in [0.25, 0.3) is 0 Å². The fourth-order valence-electron chi connectivity index (χ4n) is 0.159. The molecule has 0 aliphatic carbocycles. The van der Waals surface area contributed by atoms with Crippen LogP contribution in [0.4, 0.5) is 0 Å². The molecule has 0 heterocycles. The predicted octanol–water partition coefficient (Wildman–Crippen LogP) is 1.12. The summed E-state index contributed by atoms with van der Waals surface area (Å²) in [5.41, 5.74) is 2.61. The van der Waals surface area contributed by atoms with Gasteiger partial charge in [0.2, 0.25) is 0 Å². The zero-order valence-electron chi connectivity index (χ0n) is 4.27. The lowest BCUT2D eigenvalue weighted by molar-refractivity contribution is 2.33. The van der Waals surface area contributed by atoms with Gasteiger partial charge in [-0.2, -0.15) is 0 Å². The zero-order chi connectivity index (χ0) is 5.70. The van der Waals surface area contributed by atoms with Gasteiger partial charge in [0.25, 0.3) is 0 Å². The van der Waals surface area contributed by atoms with Gasteiger partial charge in [0.15, 0.2) is 10.7 Å². The van der Waals surface area contributed by atoms with Gasteiger partial charge in [-0.15, -0.1) is 0 Å². The number of hydrogen-bond donors (Lipinski definition) is 0. The van der Waals surface area contributed by atoms with Gasteiger partial charge in [-0.25, -0.2) is 0 Å². The van der Waals surface area contributed by atoms with E-state index in [-0.39, 0.29) is 10.9 Å². The summed E-state index contributed by atoms with van der Waals surface area (Å²) in [7, 11) is -0.0478. The van der Waals surface area contributed by atoms with Crippen LogP contribution in [0.5, 0.6) is 0 Å². The molecular formula is C6H7S+. The zero-order valence-corrected chi connectivity index (χ0v) is 5.09. The second kappa shape index (κ2) is 3.61. The lowest BCUT2D eigenvalue weighted by atomic mass is 11.0. The fraction of sp³-hybridized carbons (Fsp3) is 0.167. The molecule has 0 radical (unpaired) electrons. The minimum atomic E-state index is -0.0478. The fourth-order valence-corrected chi connectivity index (χ4v) is 0.477. The van der Waals surface area contributed by atoms with Crippen molar-refractivity contribution in [2.45, 2.75) is 0 Å². The Bertz CT molecular complexity index is 124. The van der Waals surface area contributed by atoms with Crippen LogP contribution in [0.1, 0.15) is 0 Å². The number of hydrogen-bond acceptors (Lipinski definition) is 0. The van der Waals surface area contributed by atoms with E-state index in [9.17, 15) is 0 Å². The van der Waals surface area contributed by atoms with Gasteiger partial charge in [0.1, 0.15) is 17.2 Å². The van der Waals surface area contributed by atoms with Crippen molar-refractivity contribution in [2.75, 3.05) is 6.26 Å². The molecule has 36 valence electrons. The van der Waals surface area contributed by atoms with Crippen LogP contribution in [0.3, 0.4) is 0 Å². The van der Waals surface area contributed by atoms with Gasteiger partial charge < -0.3 is 0 Å². The maximum absolute atomic E-state index is 5.02. The Kier molecular flexibility index (Phi) is 3.32.